The second kappa shape index (κ2) is 9.80. The maximum absolute atomic E-state index is 9.43. The zero-order valence-electron chi connectivity index (χ0n) is 18.1. The molecule has 0 fully saturated rings. The standard InChI is InChI=1S/C26H24N4O2/c1-3-32-26-19(16-27)8-6-10-22(26)23-15-25(30-17-29-23)28-14-13-21-20-9-5-4-7-18(20)11-12-24(21)31-2/h4-12,15,17H,3,13-14H2,1-2H3,(H,28,29,30). The van der Waals surface area contributed by atoms with Gasteiger partial charge in [-0.1, -0.05) is 36.4 Å². The largest absolute Gasteiger partial charge is 0.496 e. The van der Waals surface area contributed by atoms with Crippen LogP contribution in [0.1, 0.15) is 18.1 Å². The lowest BCUT2D eigenvalue weighted by Gasteiger charge is -2.14. The maximum Gasteiger partial charge on any atom is 0.146 e. The number of ether oxygens (including phenoxy) is 2. The fourth-order valence-electron chi connectivity index (χ4n) is 3.81. The van der Waals surface area contributed by atoms with Crippen LogP contribution in [0.25, 0.3) is 22.0 Å². The van der Waals surface area contributed by atoms with E-state index in [0.717, 1.165) is 23.3 Å². The topological polar surface area (TPSA) is 80.1 Å². The quantitative estimate of drug-likeness (QED) is 0.417. The first-order valence-electron chi connectivity index (χ1n) is 10.5. The molecule has 1 heterocycles. The van der Waals surface area contributed by atoms with Gasteiger partial charge in [0, 0.05) is 23.7 Å². The van der Waals surface area contributed by atoms with E-state index in [0.29, 0.717) is 36.0 Å². The van der Waals surface area contributed by atoms with Crippen LogP contribution in [0.5, 0.6) is 11.5 Å². The number of methoxy groups -OCH3 is 1. The van der Waals surface area contributed by atoms with Gasteiger partial charge in [0.15, 0.2) is 0 Å². The highest BCUT2D eigenvalue weighted by atomic mass is 16.5. The van der Waals surface area contributed by atoms with Gasteiger partial charge in [0.05, 0.1) is 25.0 Å². The van der Waals surface area contributed by atoms with E-state index >= 15 is 0 Å². The number of anilines is 1. The van der Waals surface area contributed by atoms with Crippen molar-refractivity contribution in [3.63, 3.8) is 0 Å². The van der Waals surface area contributed by atoms with Gasteiger partial charge in [-0.05, 0) is 42.3 Å². The molecule has 0 atom stereocenters. The van der Waals surface area contributed by atoms with E-state index < -0.39 is 0 Å². The number of aromatic nitrogens is 2. The molecular weight excluding hydrogens is 400 g/mol. The first-order valence-corrected chi connectivity index (χ1v) is 10.5. The van der Waals surface area contributed by atoms with Gasteiger partial charge in [0.1, 0.15) is 29.7 Å². The summed E-state index contributed by atoms with van der Waals surface area (Å²) in [5.74, 6) is 2.13. The molecule has 6 heteroatoms. The van der Waals surface area contributed by atoms with E-state index in [4.69, 9.17) is 9.47 Å². The maximum atomic E-state index is 9.43. The summed E-state index contributed by atoms with van der Waals surface area (Å²) in [7, 11) is 1.70. The van der Waals surface area contributed by atoms with Crippen molar-refractivity contribution >= 4 is 16.6 Å². The summed E-state index contributed by atoms with van der Waals surface area (Å²) >= 11 is 0. The van der Waals surface area contributed by atoms with E-state index in [1.165, 1.54) is 17.1 Å². The van der Waals surface area contributed by atoms with Crippen LogP contribution in [0.4, 0.5) is 5.82 Å². The van der Waals surface area contributed by atoms with Gasteiger partial charge in [-0.15, -0.1) is 0 Å². The first-order chi connectivity index (χ1) is 15.7. The summed E-state index contributed by atoms with van der Waals surface area (Å²) in [5.41, 5.74) is 3.12. The lowest BCUT2D eigenvalue weighted by atomic mass is 10.0. The number of nitrogens with zero attached hydrogens (tertiary/aromatic N) is 3. The summed E-state index contributed by atoms with van der Waals surface area (Å²) in [6, 6.07) is 21.9. The molecule has 1 N–H and O–H groups in total. The average molecular weight is 425 g/mol. The molecule has 160 valence electrons. The normalized spacial score (nSPS) is 10.5. The van der Waals surface area contributed by atoms with Crippen molar-refractivity contribution in [2.45, 2.75) is 13.3 Å². The Morgan fingerprint density at radius 3 is 2.72 bits per heavy atom. The van der Waals surface area contributed by atoms with Gasteiger partial charge in [0.25, 0.3) is 0 Å². The van der Waals surface area contributed by atoms with Crippen LogP contribution in [0.3, 0.4) is 0 Å². The molecule has 3 aromatic carbocycles. The van der Waals surface area contributed by atoms with Gasteiger partial charge in [0.2, 0.25) is 0 Å². The number of nitrogens with one attached hydrogen (secondary N) is 1. The highest BCUT2D eigenvalue weighted by Gasteiger charge is 2.13. The Labute approximate surface area is 187 Å². The van der Waals surface area contributed by atoms with E-state index in [9.17, 15) is 5.26 Å². The Morgan fingerprint density at radius 2 is 1.91 bits per heavy atom. The third-order valence-corrected chi connectivity index (χ3v) is 5.27. The summed E-state index contributed by atoms with van der Waals surface area (Å²) in [5, 5.41) is 15.2. The minimum Gasteiger partial charge on any atom is -0.496 e. The van der Waals surface area contributed by atoms with Crippen molar-refractivity contribution in [3.8, 4) is 28.8 Å². The van der Waals surface area contributed by atoms with Gasteiger partial charge in [-0.25, -0.2) is 9.97 Å². The van der Waals surface area contributed by atoms with E-state index in [1.807, 2.05) is 43.3 Å². The van der Waals surface area contributed by atoms with Crippen molar-refractivity contribution in [1.29, 1.82) is 5.26 Å². The highest BCUT2D eigenvalue weighted by Crippen LogP contribution is 2.33. The Morgan fingerprint density at radius 1 is 1.03 bits per heavy atom. The first kappa shape index (κ1) is 21.1. The third kappa shape index (κ3) is 4.33. The molecule has 4 aromatic rings. The lowest BCUT2D eigenvalue weighted by Crippen LogP contribution is -2.08. The van der Waals surface area contributed by atoms with Gasteiger partial charge in [-0.2, -0.15) is 5.26 Å². The molecule has 0 saturated carbocycles. The van der Waals surface area contributed by atoms with Crippen molar-refractivity contribution in [2.24, 2.45) is 0 Å². The number of fused-ring (bicyclic) bond motifs is 1. The molecule has 0 unspecified atom stereocenters. The number of nitriles is 1. The van der Waals surface area contributed by atoms with Gasteiger partial charge >= 0.3 is 0 Å². The molecule has 0 amide bonds. The van der Waals surface area contributed by atoms with Gasteiger partial charge < -0.3 is 14.8 Å². The van der Waals surface area contributed by atoms with Crippen LogP contribution in [-0.4, -0.2) is 30.2 Å². The summed E-state index contributed by atoms with van der Waals surface area (Å²) in [6.45, 7) is 3.04. The zero-order valence-corrected chi connectivity index (χ0v) is 18.1. The summed E-state index contributed by atoms with van der Waals surface area (Å²) < 4.78 is 11.3. The lowest BCUT2D eigenvalue weighted by molar-refractivity contribution is 0.340. The number of benzene rings is 3. The minimum atomic E-state index is 0.467. The number of rotatable bonds is 8. The van der Waals surface area contributed by atoms with Crippen LogP contribution in [0, 0.1) is 11.3 Å². The minimum absolute atomic E-state index is 0.467. The second-order valence-corrected chi connectivity index (χ2v) is 7.16. The van der Waals surface area contributed by atoms with E-state index in [1.54, 1.807) is 13.2 Å². The molecule has 0 bridgehead atoms. The number of para-hydroxylation sites is 1. The number of hydrogen-bond donors (Lipinski definition) is 1. The average Bonchev–Trinajstić information content (AvgIpc) is 2.84. The molecule has 32 heavy (non-hydrogen) atoms. The van der Waals surface area contributed by atoms with E-state index in [-0.39, 0.29) is 0 Å². The molecular formula is C26H24N4O2. The smallest absolute Gasteiger partial charge is 0.146 e. The van der Waals surface area contributed by atoms with Crippen molar-refractivity contribution < 1.29 is 9.47 Å². The Balaban J connectivity index is 1.56. The fraction of sp³-hybridized carbons (Fsp3) is 0.192. The Hall–Kier alpha value is -4.11. The number of hydrogen-bond acceptors (Lipinski definition) is 6. The molecule has 0 saturated heterocycles. The molecule has 0 aliphatic carbocycles. The molecule has 1 aromatic heterocycles. The van der Waals surface area contributed by atoms with Crippen LogP contribution in [0.2, 0.25) is 0 Å². The van der Waals surface area contributed by atoms with E-state index in [2.05, 4.69) is 39.6 Å². The van der Waals surface area contributed by atoms with Crippen molar-refractivity contribution in [1.82, 2.24) is 9.97 Å². The third-order valence-electron chi connectivity index (χ3n) is 5.27. The predicted molar refractivity (Wildman–Crippen MR) is 126 cm³/mol. The monoisotopic (exact) mass is 424 g/mol. The fourth-order valence-corrected chi connectivity index (χ4v) is 3.81. The van der Waals surface area contributed by atoms with Crippen LogP contribution >= 0.6 is 0 Å². The molecule has 0 aliphatic rings. The van der Waals surface area contributed by atoms with Crippen molar-refractivity contribution in [2.75, 3.05) is 25.6 Å². The molecule has 0 radical (unpaired) electrons. The van der Waals surface area contributed by atoms with Crippen molar-refractivity contribution in [3.05, 3.63) is 78.1 Å². The molecule has 0 spiro atoms. The predicted octanol–water partition coefficient (Wildman–Crippen LogP) is 5.23. The SMILES string of the molecule is CCOc1c(C#N)cccc1-c1cc(NCCc2c(OC)ccc3ccccc23)ncn1. The molecule has 4 rings (SSSR count). The van der Waals surface area contributed by atoms with Gasteiger partial charge in [-0.3, -0.25) is 0 Å². The van der Waals surface area contributed by atoms with Crippen LogP contribution in [-0.2, 0) is 6.42 Å². The molecule has 0 aliphatic heterocycles. The zero-order chi connectivity index (χ0) is 22.3. The summed E-state index contributed by atoms with van der Waals surface area (Å²) in [6.07, 6.45) is 2.29. The second-order valence-electron chi connectivity index (χ2n) is 7.16. The highest BCUT2D eigenvalue weighted by molar-refractivity contribution is 5.87. The Kier molecular flexibility index (Phi) is 6.47. The Bertz CT molecular complexity index is 1280. The van der Waals surface area contributed by atoms with Crippen LogP contribution < -0.4 is 14.8 Å². The van der Waals surface area contributed by atoms with Crippen LogP contribution in [0.15, 0.2) is 67.0 Å². The summed E-state index contributed by atoms with van der Waals surface area (Å²) in [4.78, 5) is 8.76. The molecule has 6 nitrogen and oxygen atoms in total.